The van der Waals surface area contributed by atoms with E-state index in [1.54, 1.807) is 0 Å². The van der Waals surface area contributed by atoms with Crippen molar-refractivity contribution in [1.82, 2.24) is 4.90 Å². The van der Waals surface area contributed by atoms with E-state index in [-0.39, 0.29) is 0 Å². The number of halogens is 2. The van der Waals surface area contributed by atoms with E-state index in [0.717, 1.165) is 24.2 Å². The Bertz CT molecular complexity index is 438. The lowest BCUT2D eigenvalue weighted by atomic mass is 10.2. The van der Waals surface area contributed by atoms with Gasteiger partial charge in [0.05, 0.1) is 10.7 Å². The average Bonchev–Trinajstić information content (AvgIpc) is 2.67. The standard InChI is InChI=1S/C14H18ClIN2/c15-13-9-11(16)4-5-14(13)18-8-2-7-17-6-1-3-12(17)10-18/h4-5,9,12H,1-3,6-8,10H2. The van der Waals surface area contributed by atoms with Crippen LogP contribution in [-0.2, 0) is 0 Å². The number of fused-ring (bicyclic) bond motifs is 1. The van der Waals surface area contributed by atoms with Gasteiger partial charge >= 0.3 is 0 Å². The number of benzene rings is 1. The lowest BCUT2D eigenvalue weighted by Crippen LogP contribution is -2.36. The van der Waals surface area contributed by atoms with Crippen molar-refractivity contribution in [3.8, 4) is 0 Å². The first-order valence-electron chi connectivity index (χ1n) is 6.68. The lowest BCUT2D eigenvalue weighted by Gasteiger charge is -2.28. The molecular formula is C14H18ClIN2. The van der Waals surface area contributed by atoms with Crippen molar-refractivity contribution in [3.63, 3.8) is 0 Å². The van der Waals surface area contributed by atoms with Crippen molar-refractivity contribution in [1.29, 1.82) is 0 Å². The molecule has 1 aromatic rings. The predicted molar refractivity (Wildman–Crippen MR) is 85.6 cm³/mol. The molecule has 2 nitrogen and oxygen atoms in total. The van der Waals surface area contributed by atoms with Gasteiger partial charge in [-0.25, -0.2) is 0 Å². The zero-order valence-electron chi connectivity index (χ0n) is 10.4. The molecule has 0 radical (unpaired) electrons. The molecule has 0 aromatic heterocycles. The minimum Gasteiger partial charge on any atom is -0.369 e. The summed E-state index contributed by atoms with van der Waals surface area (Å²) in [5.74, 6) is 0. The Morgan fingerprint density at radius 1 is 1.17 bits per heavy atom. The summed E-state index contributed by atoms with van der Waals surface area (Å²) in [6.45, 7) is 4.82. The third kappa shape index (κ3) is 2.63. The van der Waals surface area contributed by atoms with Crippen LogP contribution in [0.4, 0.5) is 5.69 Å². The van der Waals surface area contributed by atoms with Gasteiger partial charge < -0.3 is 4.90 Å². The molecule has 2 saturated heterocycles. The van der Waals surface area contributed by atoms with Crippen LogP contribution in [0, 0.1) is 3.57 Å². The zero-order chi connectivity index (χ0) is 12.5. The summed E-state index contributed by atoms with van der Waals surface area (Å²) in [4.78, 5) is 5.13. The third-order valence-electron chi connectivity index (χ3n) is 4.05. The van der Waals surface area contributed by atoms with E-state index in [2.05, 4.69) is 50.6 Å². The van der Waals surface area contributed by atoms with Crippen molar-refractivity contribution in [2.45, 2.75) is 25.3 Å². The topological polar surface area (TPSA) is 6.48 Å². The largest absolute Gasteiger partial charge is 0.369 e. The molecule has 98 valence electrons. The minimum absolute atomic E-state index is 0.739. The van der Waals surface area contributed by atoms with Gasteiger partial charge in [0, 0.05) is 29.2 Å². The first-order chi connectivity index (χ1) is 8.74. The molecule has 0 amide bonds. The molecular weight excluding hydrogens is 359 g/mol. The van der Waals surface area contributed by atoms with Crippen LogP contribution in [0.25, 0.3) is 0 Å². The number of hydrogen-bond acceptors (Lipinski definition) is 2. The molecule has 2 heterocycles. The Labute approximate surface area is 127 Å². The van der Waals surface area contributed by atoms with Gasteiger partial charge in [0.1, 0.15) is 0 Å². The second-order valence-corrected chi connectivity index (χ2v) is 6.88. The summed E-state index contributed by atoms with van der Waals surface area (Å²) in [6, 6.07) is 7.13. The maximum atomic E-state index is 6.40. The van der Waals surface area contributed by atoms with Gasteiger partial charge in [-0.2, -0.15) is 0 Å². The Hall–Kier alpha value is -0.000000000000000132. The molecule has 1 unspecified atom stereocenters. The fraction of sp³-hybridized carbons (Fsp3) is 0.571. The van der Waals surface area contributed by atoms with Crippen LogP contribution in [0.2, 0.25) is 5.02 Å². The molecule has 0 bridgehead atoms. The zero-order valence-corrected chi connectivity index (χ0v) is 13.3. The van der Waals surface area contributed by atoms with Crippen molar-refractivity contribution in [3.05, 3.63) is 26.8 Å². The summed E-state index contributed by atoms with van der Waals surface area (Å²) < 4.78 is 1.21. The molecule has 0 aliphatic carbocycles. The van der Waals surface area contributed by atoms with Crippen LogP contribution in [-0.4, -0.2) is 37.1 Å². The van der Waals surface area contributed by atoms with Crippen molar-refractivity contribution < 1.29 is 0 Å². The molecule has 0 N–H and O–H groups in total. The maximum absolute atomic E-state index is 6.40. The SMILES string of the molecule is Clc1cc(I)ccc1N1CCCN2CCCC2C1. The highest BCUT2D eigenvalue weighted by atomic mass is 127. The molecule has 0 spiro atoms. The Morgan fingerprint density at radius 3 is 2.83 bits per heavy atom. The van der Waals surface area contributed by atoms with Crippen LogP contribution < -0.4 is 4.90 Å². The quantitative estimate of drug-likeness (QED) is 0.691. The van der Waals surface area contributed by atoms with Gasteiger partial charge in [-0.3, -0.25) is 4.90 Å². The van der Waals surface area contributed by atoms with E-state index in [1.807, 2.05) is 0 Å². The van der Waals surface area contributed by atoms with Crippen LogP contribution in [0.5, 0.6) is 0 Å². The van der Waals surface area contributed by atoms with Crippen molar-refractivity contribution in [2.24, 2.45) is 0 Å². The number of nitrogens with zero attached hydrogens (tertiary/aromatic N) is 2. The first kappa shape index (κ1) is 13.0. The normalized spacial score (nSPS) is 25.0. The first-order valence-corrected chi connectivity index (χ1v) is 8.14. The van der Waals surface area contributed by atoms with Crippen LogP contribution in [0.3, 0.4) is 0 Å². The van der Waals surface area contributed by atoms with Crippen molar-refractivity contribution >= 4 is 39.9 Å². The van der Waals surface area contributed by atoms with E-state index in [4.69, 9.17) is 11.6 Å². The molecule has 2 aliphatic rings. The van der Waals surface area contributed by atoms with Gasteiger partial charge in [0.2, 0.25) is 0 Å². The summed E-state index contributed by atoms with van der Waals surface area (Å²) in [6.07, 6.45) is 3.95. The lowest BCUT2D eigenvalue weighted by molar-refractivity contribution is 0.273. The van der Waals surface area contributed by atoms with E-state index in [0.29, 0.717) is 0 Å². The molecule has 1 aromatic carbocycles. The molecule has 1 atom stereocenters. The highest BCUT2D eigenvalue weighted by Crippen LogP contribution is 2.31. The number of rotatable bonds is 1. The smallest absolute Gasteiger partial charge is 0.0650 e. The Morgan fingerprint density at radius 2 is 2.00 bits per heavy atom. The average molecular weight is 377 g/mol. The van der Waals surface area contributed by atoms with E-state index in [1.165, 1.54) is 41.6 Å². The number of hydrogen-bond donors (Lipinski definition) is 0. The minimum atomic E-state index is 0.739. The Balaban J connectivity index is 1.82. The molecule has 4 heteroatoms. The molecule has 18 heavy (non-hydrogen) atoms. The Kier molecular flexibility index (Phi) is 4.01. The van der Waals surface area contributed by atoms with Gasteiger partial charge in [-0.1, -0.05) is 11.6 Å². The molecule has 3 rings (SSSR count). The molecule has 2 aliphatic heterocycles. The van der Waals surface area contributed by atoms with Gasteiger partial charge in [-0.05, 0) is 66.6 Å². The predicted octanol–water partition coefficient (Wildman–Crippen LogP) is 3.62. The fourth-order valence-electron chi connectivity index (χ4n) is 3.16. The van der Waals surface area contributed by atoms with Crippen LogP contribution in [0.1, 0.15) is 19.3 Å². The number of anilines is 1. The van der Waals surface area contributed by atoms with Gasteiger partial charge in [-0.15, -0.1) is 0 Å². The third-order valence-corrected chi connectivity index (χ3v) is 5.03. The van der Waals surface area contributed by atoms with E-state index in [9.17, 15) is 0 Å². The summed E-state index contributed by atoms with van der Waals surface area (Å²) in [5, 5.41) is 0.897. The summed E-state index contributed by atoms with van der Waals surface area (Å²) in [5.41, 5.74) is 1.21. The second-order valence-electron chi connectivity index (χ2n) is 5.23. The second kappa shape index (κ2) is 5.55. The van der Waals surface area contributed by atoms with E-state index >= 15 is 0 Å². The van der Waals surface area contributed by atoms with Gasteiger partial charge in [0.15, 0.2) is 0 Å². The maximum Gasteiger partial charge on any atom is 0.0650 e. The van der Waals surface area contributed by atoms with Gasteiger partial charge in [0.25, 0.3) is 0 Å². The van der Waals surface area contributed by atoms with Crippen LogP contribution >= 0.6 is 34.2 Å². The highest BCUT2D eigenvalue weighted by Gasteiger charge is 2.29. The monoisotopic (exact) mass is 376 g/mol. The molecule has 0 saturated carbocycles. The highest BCUT2D eigenvalue weighted by molar-refractivity contribution is 14.1. The fourth-order valence-corrected chi connectivity index (χ4v) is 4.14. The summed E-state index contributed by atoms with van der Waals surface area (Å²) >= 11 is 8.71. The molecule has 2 fully saturated rings. The van der Waals surface area contributed by atoms with Crippen molar-refractivity contribution in [2.75, 3.05) is 31.1 Å². The summed E-state index contributed by atoms with van der Waals surface area (Å²) in [7, 11) is 0. The van der Waals surface area contributed by atoms with E-state index < -0.39 is 0 Å². The van der Waals surface area contributed by atoms with Crippen LogP contribution in [0.15, 0.2) is 18.2 Å².